The maximum Gasteiger partial charge on any atom is 0.264 e. The number of benzene rings is 4. The standard InChI is InChI=1S/C28H22Cl2N2O5S/c1-37-26-15-13-21(30)17-25(26)32(38(35,36)22-10-6-3-7-11-22)18-27(33)31-24-14-12-20(29)16-23(24)28(34)19-8-4-2-5-9-19/h2-17H,18H2,1H3,(H,31,33). The molecule has 0 spiro atoms. The minimum absolute atomic E-state index is 0.0266. The molecule has 0 aliphatic carbocycles. The van der Waals surface area contributed by atoms with E-state index < -0.39 is 22.5 Å². The zero-order valence-electron chi connectivity index (χ0n) is 20.1. The third kappa shape index (κ3) is 5.99. The SMILES string of the molecule is COc1ccc(Cl)cc1N(CC(=O)Nc1ccc(Cl)cc1C(=O)c1ccccc1)S(=O)(=O)c1ccccc1. The van der Waals surface area contributed by atoms with Crippen LogP contribution >= 0.6 is 23.2 Å². The van der Waals surface area contributed by atoms with E-state index in [1.807, 2.05) is 0 Å². The van der Waals surface area contributed by atoms with Gasteiger partial charge in [-0.25, -0.2) is 8.42 Å². The van der Waals surface area contributed by atoms with E-state index in [0.29, 0.717) is 10.6 Å². The van der Waals surface area contributed by atoms with Gasteiger partial charge in [0.1, 0.15) is 12.3 Å². The number of carbonyl (C=O) groups is 2. The van der Waals surface area contributed by atoms with Gasteiger partial charge in [-0.05, 0) is 48.5 Å². The average Bonchev–Trinajstić information content (AvgIpc) is 2.93. The first kappa shape index (κ1) is 27.2. The molecule has 0 fully saturated rings. The Morgan fingerprint density at radius 3 is 2.11 bits per heavy atom. The van der Waals surface area contributed by atoms with Gasteiger partial charge in [0.2, 0.25) is 5.91 Å². The molecule has 0 aliphatic rings. The summed E-state index contributed by atoms with van der Waals surface area (Å²) in [6.07, 6.45) is 0. The average molecular weight is 569 g/mol. The Bertz CT molecular complexity index is 1580. The summed E-state index contributed by atoms with van der Waals surface area (Å²) in [5.41, 5.74) is 0.830. The number of nitrogens with one attached hydrogen (secondary N) is 1. The second-order valence-corrected chi connectivity index (χ2v) is 10.8. The van der Waals surface area contributed by atoms with Crippen molar-refractivity contribution < 1.29 is 22.7 Å². The summed E-state index contributed by atoms with van der Waals surface area (Å²) >= 11 is 12.3. The second kappa shape index (κ2) is 11.7. The Labute approximate surface area is 230 Å². The molecule has 194 valence electrons. The van der Waals surface area contributed by atoms with Crippen LogP contribution in [-0.4, -0.2) is 33.8 Å². The van der Waals surface area contributed by atoms with Crippen molar-refractivity contribution in [1.82, 2.24) is 0 Å². The first-order valence-corrected chi connectivity index (χ1v) is 13.5. The smallest absolute Gasteiger partial charge is 0.264 e. The molecule has 4 aromatic carbocycles. The molecule has 4 aromatic rings. The number of sulfonamides is 1. The number of anilines is 2. The predicted molar refractivity (Wildman–Crippen MR) is 149 cm³/mol. The minimum Gasteiger partial charge on any atom is -0.495 e. The second-order valence-electron chi connectivity index (χ2n) is 8.07. The molecule has 0 atom stereocenters. The highest BCUT2D eigenvalue weighted by Gasteiger charge is 2.30. The van der Waals surface area contributed by atoms with Gasteiger partial charge in [-0.15, -0.1) is 0 Å². The zero-order chi connectivity index (χ0) is 27.3. The van der Waals surface area contributed by atoms with Crippen LogP contribution in [0.2, 0.25) is 10.0 Å². The van der Waals surface area contributed by atoms with Crippen molar-refractivity contribution in [1.29, 1.82) is 0 Å². The van der Waals surface area contributed by atoms with E-state index in [-0.39, 0.29) is 38.4 Å². The Morgan fingerprint density at radius 1 is 0.842 bits per heavy atom. The van der Waals surface area contributed by atoms with Crippen LogP contribution in [-0.2, 0) is 14.8 Å². The molecule has 0 saturated carbocycles. The van der Waals surface area contributed by atoms with Crippen molar-refractivity contribution in [3.63, 3.8) is 0 Å². The molecule has 1 N–H and O–H groups in total. The van der Waals surface area contributed by atoms with Gasteiger partial charge < -0.3 is 10.1 Å². The molecular weight excluding hydrogens is 547 g/mol. The molecule has 1 amide bonds. The van der Waals surface area contributed by atoms with Gasteiger partial charge in [0.15, 0.2) is 5.78 Å². The molecule has 0 heterocycles. The molecule has 0 bridgehead atoms. The Balaban J connectivity index is 1.72. The summed E-state index contributed by atoms with van der Waals surface area (Å²) < 4.78 is 33.6. The molecule has 0 aromatic heterocycles. The number of nitrogens with zero attached hydrogens (tertiary/aromatic N) is 1. The fourth-order valence-electron chi connectivity index (χ4n) is 3.76. The third-order valence-corrected chi connectivity index (χ3v) is 7.81. The van der Waals surface area contributed by atoms with E-state index in [2.05, 4.69) is 5.32 Å². The van der Waals surface area contributed by atoms with Gasteiger partial charge in [-0.2, -0.15) is 0 Å². The van der Waals surface area contributed by atoms with Gasteiger partial charge in [0.05, 0.1) is 23.4 Å². The maximum atomic E-state index is 13.7. The van der Waals surface area contributed by atoms with E-state index in [1.54, 1.807) is 54.6 Å². The van der Waals surface area contributed by atoms with E-state index in [9.17, 15) is 18.0 Å². The molecule has 10 heteroatoms. The molecule has 38 heavy (non-hydrogen) atoms. The van der Waals surface area contributed by atoms with Gasteiger partial charge >= 0.3 is 0 Å². The fraction of sp³-hybridized carbons (Fsp3) is 0.0714. The van der Waals surface area contributed by atoms with Crippen LogP contribution in [0.1, 0.15) is 15.9 Å². The lowest BCUT2D eigenvalue weighted by Crippen LogP contribution is -2.38. The lowest BCUT2D eigenvalue weighted by Gasteiger charge is -2.26. The van der Waals surface area contributed by atoms with Crippen molar-refractivity contribution in [2.45, 2.75) is 4.90 Å². The van der Waals surface area contributed by atoms with Crippen LogP contribution in [0.4, 0.5) is 11.4 Å². The molecule has 0 unspecified atom stereocenters. The first-order chi connectivity index (χ1) is 18.2. The van der Waals surface area contributed by atoms with Crippen LogP contribution in [0, 0.1) is 0 Å². The van der Waals surface area contributed by atoms with E-state index >= 15 is 0 Å². The van der Waals surface area contributed by atoms with Gasteiger partial charge in [-0.1, -0.05) is 71.7 Å². The lowest BCUT2D eigenvalue weighted by molar-refractivity contribution is -0.114. The molecule has 4 rings (SSSR count). The number of methoxy groups -OCH3 is 1. The first-order valence-electron chi connectivity index (χ1n) is 11.3. The van der Waals surface area contributed by atoms with Crippen LogP contribution in [0.3, 0.4) is 0 Å². The number of ketones is 1. The summed E-state index contributed by atoms with van der Waals surface area (Å²) in [4.78, 5) is 26.5. The van der Waals surface area contributed by atoms with Crippen molar-refractivity contribution in [2.75, 3.05) is 23.3 Å². The van der Waals surface area contributed by atoms with Crippen LogP contribution in [0.15, 0.2) is 102 Å². The van der Waals surface area contributed by atoms with Crippen molar-refractivity contribution in [3.8, 4) is 5.75 Å². The number of carbonyl (C=O) groups excluding carboxylic acids is 2. The third-order valence-electron chi connectivity index (χ3n) is 5.56. The van der Waals surface area contributed by atoms with E-state index in [4.69, 9.17) is 27.9 Å². The fourth-order valence-corrected chi connectivity index (χ4v) is 5.54. The van der Waals surface area contributed by atoms with Crippen molar-refractivity contribution in [2.24, 2.45) is 0 Å². The molecular formula is C28H22Cl2N2O5S. The summed E-state index contributed by atoms with van der Waals surface area (Å²) in [5.74, 6) is -0.849. The van der Waals surface area contributed by atoms with Crippen molar-refractivity contribution in [3.05, 3.63) is 118 Å². The van der Waals surface area contributed by atoms with Crippen LogP contribution < -0.4 is 14.4 Å². The largest absolute Gasteiger partial charge is 0.495 e. The monoisotopic (exact) mass is 568 g/mol. The maximum absolute atomic E-state index is 13.7. The molecule has 7 nitrogen and oxygen atoms in total. The highest BCUT2D eigenvalue weighted by Crippen LogP contribution is 2.35. The normalized spacial score (nSPS) is 11.0. The van der Waals surface area contributed by atoms with Crippen LogP contribution in [0.25, 0.3) is 0 Å². The molecule has 0 radical (unpaired) electrons. The summed E-state index contributed by atoms with van der Waals surface area (Å²) in [6, 6.07) is 25.1. The number of rotatable bonds is 9. The number of halogens is 2. The number of hydrogen-bond acceptors (Lipinski definition) is 5. The number of amides is 1. The number of hydrogen-bond donors (Lipinski definition) is 1. The highest BCUT2D eigenvalue weighted by atomic mass is 35.5. The Morgan fingerprint density at radius 2 is 1.45 bits per heavy atom. The van der Waals surface area contributed by atoms with Crippen molar-refractivity contribution >= 4 is 56.3 Å². The zero-order valence-corrected chi connectivity index (χ0v) is 22.4. The molecule has 0 saturated heterocycles. The Kier molecular flexibility index (Phi) is 8.36. The lowest BCUT2D eigenvalue weighted by atomic mass is 10.0. The quantitative estimate of drug-likeness (QED) is 0.247. The predicted octanol–water partition coefficient (Wildman–Crippen LogP) is 6.07. The topological polar surface area (TPSA) is 92.8 Å². The van der Waals surface area contributed by atoms with E-state index in [0.717, 1.165) is 4.31 Å². The summed E-state index contributed by atoms with van der Waals surface area (Å²) in [6.45, 7) is -0.629. The Hall–Kier alpha value is -3.85. The molecule has 0 aliphatic heterocycles. The number of ether oxygens (including phenoxy) is 1. The van der Waals surface area contributed by atoms with Gasteiger partial charge in [0.25, 0.3) is 10.0 Å². The van der Waals surface area contributed by atoms with Crippen LogP contribution in [0.5, 0.6) is 5.75 Å². The summed E-state index contributed by atoms with van der Waals surface area (Å²) in [7, 11) is -2.84. The minimum atomic E-state index is -4.22. The highest BCUT2D eigenvalue weighted by molar-refractivity contribution is 7.92. The van der Waals surface area contributed by atoms with Gasteiger partial charge in [0, 0.05) is 21.2 Å². The van der Waals surface area contributed by atoms with Gasteiger partial charge in [-0.3, -0.25) is 13.9 Å². The van der Waals surface area contributed by atoms with E-state index in [1.165, 1.54) is 49.6 Å². The summed E-state index contributed by atoms with van der Waals surface area (Å²) in [5, 5.41) is 3.22.